The van der Waals surface area contributed by atoms with Crippen molar-refractivity contribution in [2.75, 3.05) is 21.3 Å². The van der Waals surface area contributed by atoms with Crippen LogP contribution < -0.4 is 18.9 Å². The molecule has 0 aliphatic rings. The highest BCUT2D eigenvalue weighted by molar-refractivity contribution is 5.94. The molecule has 0 spiro atoms. The maximum atomic E-state index is 6.29. The van der Waals surface area contributed by atoms with Crippen LogP contribution in [0.15, 0.2) is 60.8 Å². The van der Waals surface area contributed by atoms with Crippen molar-refractivity contribution in [3.63, 3.8) is 0 Å². The molecule has 4 rings (SSSR count). The quantitative estimate of drug-likeness (QED) is 0.489. The van der Waals surface area contributed by atoms with Gasteiger partial charge >= 0.3 is 0 Å². The lowest BCUT2D eigenvalue weighted by molar-refractivity contribution is 0.355. The van der Waals surface area contributed by atoms with Gasteiger partial charge in [-0.15, -0.1) is 0 Å². The third kappa shape index (κ3) is 2.97. The fourth-order valence-electron chi connectivity index (χ4n) is 3.17. The Labute approximate surface area is 157 Å². The van der Waals surface area contributed by atoms with Gasteiger partial charge in [-0.2, -0.15) is 0 Å². The molecule has 1 aromatic heterocycles. The molecule has 0 bridgehead atoms. The van der Waals surface area contributed by atoms with Crippen LogP contribution in [0, 0.1) is 0 Å². The van der Waals surface area contributed by atoms with Crippen LogP contribution in [-0.4, -0.2) is 26.3 Å². The number of aromatic nitrogens is 1. The summed E-state index contributed by atoms with van der Waals surface area (Å²) in [5.74, 6) is 3.50. The van der Waals surface area contributed by atoms with E-state index in [2.05, 4.69) is 4.98 Å². The van der Waals surface area contributed by atoms with Crippen molar-refractivity contribution < 1.29 is 18.9 Å². The zero-order valence-electron chi connectivity index (χ0n) is 15.4. The first-order valence-corrected chi connectivity index (χ1v) is 8.49. The molecule has 0 amide bonds. The van der Waals surface area contributed by atoms with E-state index < -0.39 is 0 Å². The molecule has 1 heterocycles. The van der Waals surface area contributed by atoms with Gasteiger partial charge in [0.1, 0.15) is 17.2 Å². The summed E-state index contributed by atoms with van der Waals surface area (Å²) in [6.07, 6.45) is 1.72. The van der Waals surface area contributed by atoms with Crippen LogP contribution >= 0.6 is 0 Å². The molecule has 0 unspecified atom stereocenters. The fraction of sp³-hybridized carbons (Fsp3) is 0.136. The average Bonchev–Trinajstić information content (AvgIpc) is 2.72. The second-order valence-corrected chi connectivity index (χ2v) is 5.95. The van der Waals surface area contributed by atoms with E-state index in [-0.39, 0.29) is 0 Å². The maximum absolute atomic E-state index is 6.29. The lowest BCUT2D eigenvalue weighted by atomic mass is 10.1. The van der Waals surface area contributed by atoms with Crippen molar-refractivity contribution in [1.82, 2.24) is 4.98 Å². The molecule has 136 valence electrons. The van der Waals surface area contributed by atoms with E-state index in [1.165, 1.54) is 0 Å². The summed E-state index contributed by atoms with van der Waals surface area (Å²) < 4.78 is 22.5. The minimum absolute atomic E-state index is 0.627. The predicted molar refractivity (Wildman–Crippen MR) is 105 cm³/mol. The molecule has 0 atom stereocenters. The van der Waals surface area contributed by atoms with Crippen LogP contribution in [0.25, 0.3) is 21.7 Å². The van der Waals surface area contributed by atoms with Crippen LogP contribution in [0.5, 0.6) is 28.7 Å². The van der Waals surface area contributed by atoms with Gasteiger partial charge in [0.15, 0.2) is 11.5 Å². The summed E-state index contributed by atoms with van der Waals surface area (Å²) in [7, 11) is 4.88. The van der Waals surface area contributed by atoms with Crippen molar-refractivity contribution in [3.8, 4) is 28.7 Å². The van der Waals surface area contributed by atoms with Crippen LogP contribution in [0.3, 0.4) is 0 Å². The van der Waals surface area contributed by atoms with Crippen LogP contribution in [0.4, 0.5) is 0 Å². The molecule has 0 radical (unpaired) electrons. The molecule has 0 saturated heterocycles. The number of nitrogens with zero attached hydrogens (tertiary/aromatic N) is 1. The van der Waals surface area contributed by atoms with Gasteiger partial charge in [-0.25, -0.2) is 0 Å². The summed E-state index contributed by atoms with van der Waals surface area (Å²) in [4.78, 5) is 4.42. The number of hydrogen-bond acceptors (Lipinski definition) is 5. The Morgan fingerprint density at radius 1 is 0.593 bits per heavy atom. The molecule has 0 saturated carbocycles. The molecule has 5 heteroatoms. The summed E-state index contributed by atoms with van der Waals surface area (Å²) in [5, 5.41) is 2.81. The minimum atomic E-state index is 0.627. The Bertz CT molecular complexity index is 1120. The van der Waals surface area contributed by atoms with Crippen molar-refractivity contribution in [2.45, 2.75) is 0 Å². The van der Waals surface area contributed by atoms with Gasteiger partial charge in [-0.1, -0.05) is 24.3 Å². The SMILES string of the molecule is COc1cc2nccc(Oc3cccc4c(OC)cccc34)c2cc1OC. The first kappa shape index (κ1) is 17.0. The van der Waals surface area contributed by atoms with Gasteiger partial charge in [-0.3, -0.25) is 4.98 Å². The standard InChI is InChI=1S/C22H19NO4/c1-24-18-8-4-7-15-14(18)6-5-9-19(15)27-20-10-11-23-17-13-22(26-3)21(25-2)12-16(17)20/h4-13H,1-3H3. The monoisotopic (exact) mass is 361 g/mol. The van der Waals surface area contributed by atoms with Gasteiger partial charge < -0.3 is 18.9 Å². The lowest BCUT2D eigenvalue weighted by Gasteiger charge is -2.14. The van der Waals surface area contributed by atoms with Crippen LogP contribution in [0.1, 0.15) is 0 Å². The minimum Gasteiger partial charge on any atom is -0.496 e. The van der Waals surface area contributed by atoms with Crippen LogP contribution in [0.2, 0.25) is 0 Å². The zero-order chi connectivity index (χ0) is 18.8. The average molecular weight is 361 g/mol. The molecule has 3 aromatic carbocycles. The molecule has 0 aliphatic heterocycles. The zero-order valence-corrected chi connectivity index (χ0v) is 15.4. The topological polar surface area (TPSA) is 49.8 Å². The molecule has 27 heavy (non-hydrogen) atoms. The first-order chi connectivity index (χ1) is 13.2. The van der Waals surface area contributed by atoms with Crippen molar-refractivity contribution in [2.24, 2.45) is 0 Å². The normalized spacial score (nSPS) is 10.8. The summed E-state index contributed by atoms with van der Waals surface area (Å²) in [6, 6.07) is 17.4. The molecule has 0 aliphatic carbocycles. The second-order valence-electron chi connectivity index (χ2n) is 5.95. The number of fused-ring (bicyclic) bond motifs is 2. The number of ether oxygens (including phenoxy) is 4. The number of benzene rings is 3. The van der Waals surface area contributed by atoms with Gasteiger partial charge in [-0.05, 0) is 24.3 Å². The number of rotatable bonds is 5. The highest BCUT2D eigenvalue weighted by atomic mass is 16.5. The second kappa shape index (κ2) is 7.03. The van der Waals surface area contributed by atoms with Gasteiger partial charge in [0.05, 0.1) is 26.8 Å². The smallest absolute Gasteiger partial charge is 0.162 e. The Balaban J connectivity index is 1.86. The summed E-state index contributed by atoms with van der Waals surface area (Å²) in [6.45, 7) is 0. The molecule has 0 N–H and O–H groups in total. The predicted octanol–water partition coefficient (Wildman–Crippen LogP) is 5.21. The van der Waals surface area contributed by atoms with Gasteiger partial charge in [0.2, 0.25) is 0 Å². The first-order valence-electron chi connectivity index (χ1n) is 8.49. The van der Waals surface area contributed by atoms with E-state index in [0.29, 0.717) is 17.2 Å². The molecule has 0 fully saturated rings. The molecular weight excluding hydrogens is 342 g/mol. The van der Waals surface area contributed by atoms with E-state index >= 15 is 0 Å². The number of hydrogen-bond donors (Lipinski definition) is 0. The third-order valence-corrected chi connectivity index (χ3v) is 4.49. The third-order valence-electron chi connectivity index (χ3n) is 4.49. The fourth-order valence-corrected chi connectivity index (χ4v) is 3.17. The molecular formula is C22H19NO4. The number of methoxy groups -OCH3 is 3. The summed E-state index contributed by atoms with van der Waals surface area (Å²) >= 11 is 0. The Morgan fingerprint density at radius 3 is 1.89 bits per heavy atom. The van der Waals surface area contributed by atoms with E-state index in [1.807, 2.05) is 54.6 Å². The van der Waals surface area contributed by atoms with Crippen molar-refractivity contribution in [3.05, 3.63) is 60.8 Å². The largest absolute Gasteiger partial charge is 0.496 e. The van der Waals surface area contributed by atoms with Crippen molar-refractivity contribution >= 4 is 21.7 Å². The highest BCUT2D eigenvalue weighted by Gasteiger charge is 2.13. The van der Waals surface area contributed by atoms with E-state index in [4.69, 9.17) is 18.9 Å². The van der Waals surface area contributed by atoms with Crippen molar-refractivity contribution in [1.29, 1.82) is 0 Å². The lowest BCUT2D eigenvalue weighted by Crippen LogP contribution is -1.94. The van der Waals surface area contributed by atoms with E-state index in [9.17, 15) is 0 Å². The van der Waals surface area contributed by atoms with Gasteiger partial charge in [0.25, 0.3) is 0 Å². The Hall–Kier alpha value is -3.47. The molecule has 4 aromatic rings. The Kier molecular flexibility index (Phi) is 4.42. The van der Waals surface area contributed by atoms with E-state index in [0.717, 1.165) is 33.2 Å². The van der Waals surface area contributed by atoms with Gasteiger partial charge in [0, 0.05) is 28.4 Å². The number of pyridine rings is 1. The Morgan fingerprint density at radius 2 is 1.19 bits per heavy atom. The van der Waals surface area contributed by atoms with Crippen LogP contribution in [-0.2, 0) is 0 Å². The summed E-state index contributed by atoms with van der Waals surface area (Å²) in [5.41, 5.74) is 0.767. The molecule has 5 nitrogen and oxygen atoms in total. The highest BCUT2D eigenvalue weighted by Crippen LogP contribution is 2.39. The van der Waals surface area contributed by atoms with E-state index in [1.54, 1.807) is 27.5 Å². The maximum Gasteiger partial charge on any atom is 0.162 e.